The molecule has 0 radical (unpaired) electrons. The second-order valence-corrected chi connectivity index (χ2v) is 8.99. The SMILES string of the molecule is CC(=O)N1CCCN(S(=O)(=O)c2ccc3c(c2)C(C)(C)C(=O)N3)CC1. The number of carbonyl (C=O) groups excluding carboxylic acids is 2. The van der Waals surface area contributed by atoms with Gasteiger partial charge in [0, 0.05) is 38.8 Å². The third-order valence-corrected chi connectivity index (χ3v) is 6.91. The molecule has 0 aliphatic carbocycles. The summed E-state index contributed by atoms with van der Waals surface area (Å²) in [4.78, 5) is 25.4. The highest BCUT2D eigenvalue weighted by molar-refractivity contribution is 7.89. The lowest BCUT2D eigenvalue weighted by atomic mass is 9.86. The minimum Gasteiger partial charge on any atom is -0.342 e. The maximum absolute atomic E-state index is 13.0. The molecule has 1 aromatic rings. The molecule has 8 heteroatoms. The number of sulfonamides is 1. The molecule has 7 nitrogen and oxygen atoms in total. The van der Waals surface area contributed by atoms with Gasteiger partial charge in [0.25, 0.3) is 0 Å². The van der Waals surface area contributed by atoms with Crippen LogP contribution in [0.5, 0.6) is 0 Å². The van der Waals surface area contributed by atoms with Crippen LogP contribution in [0.3, 0.4) is 0 Å². The van der Waals surface area contributed by atoms with E-state index in [9.17, 15) is 18.0 Å². The molecule has 136 valence electrons. The predicted molar refractivity (Wildman–Crippen MR) is 93.7 cm³/mol. The smallest absolute Gasteiger partial charge is 0.243 e. The summed E-state index contributed by atoms with van der Waals surface area (Å²) in [5.74, 6) is -0.174. The molecule has 0 aromatic heterocycles. The molecule has 2 amide bonds. The minimum absolute atomic E-state index is 0.0388. The van der Waals surface area contributed by atoms with Crippen LogP contribution in [0.2, 0.25) is 0 Å². The molecule has 0 saturated carbocycles. The summed E-state index contributed by atoms with van der Waals surface area (Å²) in [7, 11) is -3.67. The van der Waals surface area contributed by atoms with Gasteiger partial charge in [-0.15, -0.1) is 0 Å². The summed E-state index contributed by atoms with van der Waals surface area (Å²) in [5, 5.41) is 2.78. The van der Waals surface area contributed by atoms with Gasteiger partial charge in [-0.05, 0) is 44.0 Å². The molecule has 0 unspecified atom stereocenters. The lowest BCUT2D eigenvalue weighted by Crippen LogP contribution is -2.36. The topological polar surface area (TPSA) is 86.8 Å². The first-order chi connectivity index (χ1) is 11.6. The van der Waals surface area contributed by atoms with Gasteiger partial charge in [0.2, 0.25) is 21.8 Å². The van der Waals surface area contributed by atoms with Gasteiger partial charge in [-0.25, -0.2) is 8.42 Å². The van der Waals surface area contributed by atoms with E-state index < -0.39 is 15.4 Å². The van der Waals surface area contributed by atoms with Crippen molar-refractivity contribution in [2.24, 2.45) is 0 Å². The monoisotopic (exact) mass is 365 g/mol. The predicted octanol–water partition coefficient (Wildman–Crippen LogP) is 1.16. The van der Waals surface area contributed by atoms with Gasteiger partial charge in [0.15, 0.2) is 0 Å². The van der Waals surface area contributed by atoms with Crippen LogP contribution in [0.15, 0.2) is 23.1 Å². The molecule has 1 saturated heterocycles. The number of rotatable bonds is 2. The van der Waals surface area contributed by atoms with Crippen molar-refractivity contribution < 1.29 is 18.0 Å². The Morgan fingerprint density at radius 1 is 1.16 bits per heavy atom. The number of carbonyl (C=O) groups is 2. The number of hydrogen-bond acceptors (Lipinski definition) is 4. The molecular formula is C17H23N3O4S. The highest BCUT2D eigenvalue weighted by Crippen LogP contribution is 2.38. The first kappa shape index (κ1) is 17.9. The Labute approximate surface area is 148 Å². The van der Waals surface area contributed by atoms with E-state index in [0.717, 1.165) is 0 Å². The highest BCUT2D eigenvalue weighted by Gasteiger charge is 2.39. The Morgan fingerprint density at radius 2 is 1.88 bits per heavy atom. The van der Waals surface area contributed by atoms with Gasteiger partial charge < -0.3 is 10.2 Å². The molecule has 2 aliphatic rings. The average Bonchev–Trinajstić information content (AvgIpc) is 2.74. The van der Waals surface area contributed by atoms with Crippen molar-refractivity contribution >= 4 is 27.5 Å². The summed E-state index contributed by atoms with van der Waals surface area (Å²) < 4.78 is 27.5. The Bertz CT molecular complexity index is 832. The largest absolute Gasteiger partial charge is 0.342 e. The molecule has 2 aliphatic heterocycles. The Balaban J connectivity index is 1.90. The Kier molecular flexibility index (Phi) is 4.36. The van der Waals surface area contributed by atoms with Crippen molar-refractivity contribution in [2.45, 2.75) is 37.5 Å². The maximum Gasteiger partial charge on any atom is 0.243 e. The number of amides is 2. The highest BCUT2D eigenvalue weighted by atomic mass is 32.2. The zero-order chi connectivity index (χ0) is 18.4. The molecule has 0 spiro atoms. The summed E-state index contributed by atoms with van der Waals surface area (Å²) >= 11 is 0. The zero-order valence-electron chi connectivity index (χ0n) is 14.7. The van der Waals surface area contributed by atoms with Crippen molar-refractivity contribution in [3.8, 4) is 0 Å². The zero-order valence-corrected chi connectivity index (χ0v) is 15.5. The number of anilines is 1. The van der Waals surface area contributed by atoms with Crippen molar-refractivity contribution in [1.29, 1.82) is 0 Å². The normalized spacial score (nSPS) is 20.8. The maximum atomic E-state index is 13.0. The van der Waals surface area contributed by atoms with E-state index in [0.29, 0.717) is 37.3 Å². The van der Waals surface area contributed by atoms with Crippen LogP contribution in [-0.4, -0.2) is 55.6 Å². The minimum atomic E-state index is -3.67. The van der Waals surface area contributed by atoms with Gasteiger partial charge >= 0.3 is 0 Å². The number of fused-ring (bicyclic) bond motifs is 1. The third-order valence-electron chi connectivity index (χ3n) is 5.02. The first-order valence-electron chi connectivity index (χ1n) is 8.35. The van der Waals surface area contributed by atoms with Crippen molar-refractivity contribution in [3.05, 3.63) is 23.8 Å². The standard InChI is InChI=1S/C17H23N3O4S/c1-12(21)19-7-4-8-20(10-9-19)25(23,24)13-5-6-15-14(11-13)17(2,3)16(22)18-15/h5-6,11H,4,7-10H2,1-3H3,(H,18,22). The van der Waals surface area contributed by atoms with Crippen molar-refractivity contribution in [1.82, 2.24) is 9.21 Å². The summed E-state index contributed by atoms with van der Waals surface area (Å²) in [5.41, 5.74) is 0.594. The van der Waals surface area contributed by atoms with Gasteiger partial charge in [-0.2, -0.15) is 4.31 Å². The first-order valence-corrected chi connectivity index (χ1v) is 9.79. The quantitative estimate of drug-likeness (QED) is 0.852. The number of hydrogen-bond donors (Lipinski definition) is 1. The van der Waals surface area contributed by atoms with E-state index in [-0.39, 0.29) is 23.3 Å². The molecule has 2 heterocycles. The van der Waals surface area contributed by atoms with Crippen molar-refractivity contribution in [2.75, 3.05) is 31.5 Å². The second kappa shape index (κ2) is 6.10. The molecule has 3 rings (SSSR count). The summed E-state index contributed by atoms with van der Waals surface area (Å²) in [6.07, 6.45) is 0.606. The van der Waals surface area contributed by atoms with Crippen LogP contribution >= 0.6 is 0 Å². The van der Waals surface area contributed by atoms with Crippen LogP contribution in [0.4, 0.5) is 5.69 Å². The van der Waals surface area contributed by atoms with E-state index in [2.05, 4.69) is 5.32 Å². The van der Waals surface area contributed by atoms with Crippen LogP contribution in [0.1, 0.15) is 32.8 Å². The van der Waals surface area contributed by atoms with Gasteiger partial charge in [0.05, 0.1) is 10.3 Å². The van der Waals surface area contributed by atoms with E-state index in [1.54, 1.807) is 30.9 Å². The molecule has 1 N–H and O–H groups in total. The number of nitrogens with one attached hydrogen (secondary N) is 1. The van der Waals surface area contributed by atoms with Crippen LogP contribution in [0.25, 0.3) is 0 Å². The van der Waals surface area contributed by atoms with Crippen LogP contribution in [-0.2, 0) is 25.0 Å². The van der Waals surface area contributed by atoms with Gasteiger partial charge in [-0.1, -0.05) is 0 Å². The Hall–Kier alpha value is -1.93. The number of benzene rings is 1. The molecule has 1 aromatic carbocycles. The molecular weight excluding hydrogens is 342 g/mol. The molecule has 1 fully saturated rings. The van der Waals surface area contributed by atoms with Gasteiger partial charge in [0.1, 0.15) is 0 Å². The fraction of sp³-hybridized carbons (Fsp3) is 0.529. The summed E-state index contributed by atoms with van der Waals surface area (Å²) in [6, 6.07) is 4.77. The molecule has 0 bridgehead atoms. The van der Waals surface area contributed by atoms with E-state index in [4.69, 9.17) is 0 Å². The third kappa shape index (κ3) is 3.04. The lowest BCUT2D eigenvalue weighted by molar-refractivity contribution is -0.128. The lowest BCUT2D eigenvalue weighted by Gasteiger charge is -2.22. The average molecular weight is 365 g/mol. The van der Waals surface area contributed by atoms with E-state index in [1.807, 2.05) is 0 Å². The molecule has 25 heavy (non-hydrogen) atoms. The van der Waals surface area contributed by atoms with Crippen LogP contribution < -0.4 is 5.32 Å². The molecule has 0 atom stereocenters. The summed E-state index contributed by atoms with van der Waals surface area (Å²) in [6.45, 7) is 6.67. The Morgan fingerprint density at radius 3 is 2.56 bits per heavy atom. The number of nitrogens with zero attached hydrogens (tertiary/aromatic N) is 2. The van der Waals surface area contributed by atoms with Gasteiger partial charge in [-0.3, -0.25) is 9.59 Å². The van der Waals surface area contributed by atoms with E-state index >= 15 is 0 Å². The van der Waals surface area contributed by atoms with Crippen LogP contribution in [0, 0.1) is 0 Å². The fourth-order valence-corrected chi connectivity index (χ4v) is 4.81. The van der Waals surface area contributed by atoms with Crippen molar-refractivity contribution in [3.63, 3.8) is 0 Å². The van der Waals surface area contributed by atoms with E-state index in [1.165, 1.54) is 17.3 Å². The second-order valence-electron chi connectivity index (χ2n) is 7.05. The fourth-order valence-electron chi connectivity index (χ4n) is 3.31.